The average molecular weight is 399 g/mol. The van der Waals surface area contributed by atoms with Crippen LogP contribution in [0.1, 0.15) is 12.0 Å². The fourth-order valence-electron chi connectivity index (χ4n) is 2.59. The molecule has 2 aromatic carbocycles. The maximum atomic E-state index is 12.0. The first kappa shape index (κ1) is 22.2. The Labute approximate surface area is 172 Å². The number of amides is 1. The van der Waals surface area contributed by atoms with Crippen molar-refractivity contribution >= 4 is 17.6 Å². The van der Waals surface area contributed by atoms with E-state index in [1.807, 2.05) is 54.6 Å². The average Bonchev–Trinajstić information content (AvgIpc) is 2.75. The summed E-state index contributed by atoms with van der Waals surface area (Å²) in [7, 11) is 3.33. The SMILES string of the molecule is CN=C(NCC(=O)NCCc1ccccc1)Nc1cccc(OCCCOC)c1. The number of aliphatic imine (C=N–C) groups is 1. The molecule has 0 bridgehead atoms. The Morgan fingerprint density at radius 2 is 1.86 bits per heavy atom. The number of rotatable bonds is 11. The minimum Gasteiger partial charge on any atom is -0.493 e. The Balaban J connectivity index is 1.72. The normalized spacial score (nSPS) is 11.0. The van der Waals surface area contributed by atoms with Crippen molar-refractivity contribution in [2.45, 2.75) is 12.8 Å². The van der Waals surface area contributed by atoms with E-state index in [1.54, 1.807) is 14.2 Å². The molecule has 0 aliphatic carbocycles. The Morgan fingerprint density at radius 1 is 1.03 bits per heavy atom. The van der Waals surface area contributed by atoms with Gasteiger partial charge in [0.25, 0.3) is 0 Å². The van der Waals surface area contributed by atoms with Gasteiger partial charge in [-0.1, -0.05) is 36.4 Å². The van der Waals surface area contributed by atoms with Crippen LogP contribution in [0.3, 0.4) is 0 Å². The van der Waals surface area contributed by atoms with Crippen LogP contribution < -0.4 is 20.7 Å². The van der Waals surface area contributed by atoms with Crippen molar-refractivity contribution in [1.82, 2.24) is 10.6 Å². The van der Waals surface area contributed by atoms with Gasteiger partial charge in [0.15, 0.2) is 5.96 Å². The molecule has 0 aliphatic rings. The zero-order valence-corrected chi connectivity index (χ0v) is 17.1. The maximum absolute atomic E-state index is 12.0. The predicted molar refractivity (Wildman–Crippen MR) is 117 cm³/mol. The highest BCUT2D eigenvalue weighted by atomic mass is 16.5. The highest BCUT2D eigenvalue weighted by Crippen LogP contribution is 2.17. The lowest BCUT2D eigenvalue weighted by Gasteiger charge is -2.13. The number of nitrogens with one attached hydrogen (secondary N) is 3. The maximum Gasteiger partial charge on any atom is 0.239 e. The molecule has 0 fully saturated rings. The molecule has 0 spiro atoms. The molecule has 29 heavy (non-hydrogen) atoms. The number of hydrogen-bond donors (Lipinski definition) is 3. The van der Waals surface area contributed by atoms with Crippen LogP contribution in [0.2, 0.25) is 0 Å². The van der Waals surface area contributed by atoms with Gasteiger partial charge in [0, 0.05) is 45.5 Å². The topological polar surface area (TPSA) is 84.0 Å². The van der Waals surface area contributed by atoms with Crippen LogP contribution in [-0.4, -0.2) is 52.3 Å². The van der Waals surface area contributed by atoms with Gasteiger partial charge in [0.2, 0.25) is 5.91 Å². The van der Waals surface area contributed by atoms with Crippen molar-refractivity contribution in [2.75, 3.05) is 45.8 Å². The van der Waals surface area contributed by atoms with Crippen molar-refractivity contribution in [3.63, 3.8) is 0 Å². The van der Waals surface area contributed by atoms with E-state index >= 15 is 0 Å². The summed E-state index contributed by atoms with van der Waals surface area (Å²) >= 11 is 0. The van der Waals surface area contributed by atoms with Crippen molar-refractivity contribution < 1.29 is 14.3 Å². The van der Waals surface area contributed by atoms with Gasteiger partial charge in [-0.25, -0.2) is 0 Å². The van der Waals surface area contributed by atoms with Crippen molar-refractivity contribution in [1.29, 1.82) is 0 Å². The van der Waals surface area contributed by atoms with Gasteiger partial charge in [0.1, 0.15) is 5.75 Å². The Morgan fingerprint density at radius 3 is 2.62 bits per heavy atom. The predicted octanol–water partition coefficient (Wildman–Crippen LogP) is 2.45. The monoisotopic (exact) mass is 398 g/mol. The molecule has 0 aromatic heterocycles. The number of guanidine groups is 1. The van der Waals surface area contributed by atoms with Crippen molar-refractivity contribution in [2.24, 2.45) is 4.99 Å². The van der Waals surface area contributed by atoms with Gasteiger partial charge < -0.3 is 25.4 Å². The minimum absolute atomic E-state index is 0.0842. The first-order valence-corrected chi connectivity index (χ1v) is 9.71. The Kier molecular flexibility index (Phi) is 10.1. The van der Waals surface area contributed by atoms with E-state index in [2.05, 4.69) is 20.9 Å². The fourth-order valence-corrected chi connectivity index (χ4v) is 2.59. The molecule has 1 amide bonds. The molecule has 0 saturated heterocycles. The summed E-state index contributed by atoms with van der Waals surface area (Å²) in [5, 5.41) is 9.08. The van der Waals surface area contributed by atoms with Crippen molar-refractivity contribution in [3.05, 3.63) is 60.2 Å². The van der Waals surface area contributed by atoms with Crippen molar-refractivity contribution in [3.8, 4) is 5.75 Å². The molecular weight excluding hydrogens is 368 g/mol. The summed E-state index contributed by atoms with van der Waals surface area (Å²) in [5.41, 5.74) is 2.02. The van der Waals surface area contributed by atoms with Gasteiger partial charge in [-0.05, 0) is 24.1 Å². The standard InChI is InChI=1S/C22H30N4O3/c1-23-22(25-17-21(27)24-13-12-18-8-4-3-5-9-18)26-19-10-6-11-20(16-19)29-15-7-14-28-2/h3-6,8-11,16H,7,12-15,17H2,1-2H3,(H,24,27)(H2,23,25,26). The number of ether oxygens (including phenoxy) is 2. The van der Waals surface area contributed by atoms with Crippen LogP contribution in [-0.2, 0) is 16.0 Å². The lowest BCUT2D eigenvalue weighted by atomic mass is 10.1. The summed E-state index contributed by atoms with van der Waals surface area (Å²) in [6.45, 7) is 2.00. The van der Waals surface area contributed by atoms with Gasteiger partial charge in [-0.15, -0.1) is 0 Å². The third-order valence-electron chi connectivity index (χ3n) is 4.08. The highest BCUT2D eigenvalue weighted by Gasteiger charge is 2.05. The summed E-state index contributed by atoms with van der Waals surface area (Å²) in [6, 6.07) is 17.7. The molecule has 156 valence electrons. The summed E-state index contributed by atoms with van der Waals surface area (Å²) in [6.07, 6.45) is 1.63. The molecule has 7 nitrogen and oxygen atoms in total. The molecule has 0 saturated carbocycles. The van der Waals surface area contributed by atoms with E-state index in [4.69, 9.17) is 9.47 Å². The van der Waals surface area contributed by atoms with Crippen LogP contribution in [0.15, 0.2) is 59.6 Å². The third-order valence-corrected chi connectivity index (χ3v) is 4.08. The second kappa shape index (κ2) is 13.2. The lowest BCUT2D eigenvalue weighted by Crippen LogP contribution is -2.40. The highest BCUT2D eigenvalue weighted by molar-refractivity contribution is 5.95. The zero-order valence-electron chi connectivity index (χ0n) is 17.1. The molecule has 0 unspecified atom stereocenters. The summed E-state index contributed by atoms with van der Waals surface area (Å²) in [5.74, 6) is 1.19. The summed E-state index contributed by atoms with van der Waals surface area (Å²) in [4.78, 5) is 16.2. The largest absolute Gasteiger partial charge is 0.493 e. The van der Waals surface area contributed by atoms with E-state index in [0.717, 1.165) is 24.3 Å². The van der Waals surface area contributed by atoms with Gasteiger partial charge in [-0.2, -0.15) is 0 Å². The van der Waals surface area contributed by atoms with E-state index in [1.165, 1.54) is 5.56 Å². The first-order valence-electron chi connectivity index (χ1n) is 9.71. The number of benzene rings is 2. The zero-order chi connectivity index (χ0) is 20.7. The third kappa shape index (κ3) is 9.12. The van der Waals surface area contributed by atoms with Gasteiger partial charge in [0.05, 0.1) is 13.2 Å². The number of carbonyl (C=O) groups excluding carboxylic acids is 1. The number of nitrogens with zero attached hydrogens (tertiary/aromatic N) is 1. The molecule has 0 radical (unpaired) electrons. The lowest BCUT2D eigenvalue weighted by molar-refractivity contribution is -0.119. The second-order valence-electron chi connectivity index (χ2n) is 6.36. The van der Waals surface area contributed by atoms with E-state index in [-0.39, 0.29) is 12.5 Å². The number of hydrogen-bond acceptors (Lipinski definition) is 4. The quantitative estimate of drug-likeness (QED) is 0.308. The molecule has 0 aliphatic heterocycles. The fraction of sp³-hybridized carbons (Fsp3) is 0.364. The smallest absolute Gasteiger partial charge is 0.239 e. The van der Waals surface area contributed by atoms with E-state index in [9.17, 15) is 4.79 Å². The number of carbonyl (C=O) groups is 1. The van der Waals surface area contributed by atoms with Crippen LogP contribution in [0.5, 0.6) is 5.75 Å². The van der Waals surface area contributed by atoms with E-state index in [0.29, 0.717) is 25.7 Å². The summed E-state index contributed by atoms with van der Waals surface area (Å²) < 4.78 is 10.7. The van der Waals surface area contributed by atoms with Crippen LogP contribution >= 0.6 is 0 Å². The van der Waals surface area contributed by atoms with Crippen LogP contribution in [0.4, 0.5) is 5.69 Å². The second-order valence-corrected chi connectivity index (χ2v) is 6.36. The Hall–Kier alpha value is -3.06. The van der Waals surface area contributed by atoms with E-state index < -0.39 is 0 Å². The molecule has 0 atom stereocenters. The number of methoxy groups -OCH3 is 1. The first-order chi connectivity index (χ1) is 14.2. The Bertz CT molecular complexity index is 766. The molecule has 2 rings (SSSR count). The van der Waals surface area contributed by atoms with Crippen LogP contribution in [0, 0.1) is 0 Å². The number of anilines is 1. The molecule has 0 heterocycles. The van der Waals surface area contributed by atoms with Crippen LogP contribution in [0.25, 0.3) is 0 Å². The molecule has 2 aromatic rings. The molecule has 7 heteroatoms. The molecule has 3 N–H and O–H groups in total. The van der Waals surface area contributed by atoms with Gasteiger partial charge >= 0.3 is 0 Å². The van der Waals surface area contributed by atoms with Gasteiger partial charge in [-0.3, -0.25) is 9.79 Å². The minimum atomic E-state index is -0.0842. The molecular formula is C22H30N4O3.